The molecule has 4 aromatic rings. The van der Waals surface area contributed by atoms with Gasteiger partial charge in [-0.1, -0.05) is 41.7 Å². The van der Waals surface area contributed by atoms with Crippen LogP contribution in [-0.4, -0.2) is 20.4 Å². The summed E-state index contributed by atoms with van der Waals surface area (Å²) in [6.07, 6.45) is -2.62. The third-order valence-electron chi connectivity index (χ3n) is 3.61. The van der Waals surface area contributed by atoms with Gasteiger partial charge in [0, 0.05) is 16.0 Å². The Bertz CT molecular complexity index is 998. The molecule has 126 valence electrons. The summed E-state index contributed by atoms with van der Waals surface area (Å²) in [4.78, 5) is 1.08. The molecule has 8 heteroatoms. The molecule has 0 atom stereocenters. The summed E-state index contributed by atoms with van der Waals surface area (Å²) in [7, 11) is 0. The molecule has 2 aromatic heterocycles. The molecule has 0 saturated carbocycles. The Balaban J connectivity index is 1.63. The predicted octanol–water partition coefficient (Wildman–Crippen LogP) is 5.31. The average Bonchev–Trinajstić information content (AvgIpc) is 3.27. The first kappa shape index (κ1) is 16.2. The molecule has 0 amide bonds. The number of H-pyrrole nitrogens is 1. The van der Waals surface area contributed by atoms with Gasteiger partial charge in [-0.3, -0.25) is 5.10 Å². The highest BCUT2D eigenvalue weighted by Gasteiger charge is 2.18. The Morgan fingerprint density at radius 3 is 2.68 bits per heavy atom. The van der Waals surface area contributed by atoms with E-state index in [0.29, 0.717) is 10.7 Å². The predicted molar refractivity (Wildman–Crippen MR) is 96.0 cm³/mol. The number of aromatic amines is 1. The third-order valence-corrected chi connectivity index (χ3v) is 5.61. The number of aromatic nitrogens is 4. The molecular weight excluding hydrogens is 362 g/mol. The zero-order valence-electron chi connectivity index (χ0n) is 12.8. The van der Waals surface area contributed by atoms with E-state index < -0.39 is 6.43 Å². The Labute approximate surface area is 150 Å². The van der Waals surface area contributed by atoms with Crippen LogP contribution in [0.15, 0.2) is 53.4 Å². The van der Waals surface area contributed by atoms with Crippen LogP contribution < -0.4 is 0 Å². The molecule has 25 heavy (non-hydrogen) atoms. The summed E-state index contributed by atoms with van der Waals surface area (Å²) < 4.78 is 25.5. The minimum Gasteiger partial charge on any atom is -0.277 e. The summed E-state index contributed by atoms with van der Waals surface area (Å²) in [5, 5.41) is 15.5. The highest BCUT2D eigenvalue weighted by Crippen LogP contribution is 2.34. The number of fused-ring (bicyclic) bond motifs is 1. The highest BCUT2D eigenvalue weighted by atomic mass is 32.2. The lowest BCUT2D eigenvalue weighted by Crippen LogP contribution is -1.81. The minimum absolute atomic E-state index is 0.291. The van der Waals surface area contributed by atoms with Crippen molar-refractivity contribution >= 4 is 34.0 Å². The molecule has 4 rings (SSSR count). The summed E-state index contributed by atoms with van der Waals surface area (Å²) in [6.45, 7) is 0. The van der Waals surface area contributed by atoms with E-state index in [0.717, 1.165) is 32.9 Å². The fraction of sp³-hybridized carbons (Fsp3) is 0.118. The van der Waals surface area contributed by atoms with Gasteiger partial charge in [0.2, 0.25) is 0 Å². The first-order valence-corrected chi connectivity index (χ1v) is 9.27. The zero-order valence-corrected chi connectivity index (χ0v) is 14.5. The van der Waals surface area contributed by atoms with Crippen LogP contribution in [0.3, 0.4) is 0 Å². The fourth-order valence-electron chi connectivity index (χ4n) is 2.41. The van der Waals surface area contributed by atoms with Crippen molar-refractivity contribution in [2.24, 2.45) is 0 Å². The molecule has 4 nitrogen and oxygen atoms in total. The topological polar surface area (TPSA) is 54.5 Å². The maximum atomic E-state index is 12.7. The molecule has 0 unspecified atom stereocenters. The first-order chi connectivity index (χ1) is 12.2. The van der Waals surface area contributed by atoms with Gasteiger partial charge in [-0.15, -0.1) is 22.0 Å². The number of hydrogen-bond acceptors (Lipinski definition) is 5. The van der Waals surface area contributed by atoms with Crippen LogP contribution in [0.25, 0.3) is 21.6 Å². The molecule has 0 spiro atoms. The van der Waals surface area contributed by atoms with Crippen LogP contribution in [-0.2, 0) is 5.75 Å². The van der Waals surface area contributed by atoms with E-state index in [1.54, 1.807) is 11.8 Å². The number of rotatable bonds is 5. The summed E-state index contributed by atoms with van der Waals surface area (Å²) >= 11 is 2.58. The van der Waals surface area contributed by atoms with Crippen molar-refractivity contribution in [3.05, 3.63) is 59.1 Å². The number of alkyl halides is 2. The molecule has 0 radical (unpaired) electrons. The molecule has 0 aliphatic heterocycles. The zero-order chi connectivity index (χ0) is 17.2. The average molecular weight is 374 g/mol. The summed E-state index contributed by atoms with van der Waals surface area (Å²) in [5.41, 5.74) is 2.64. The standard InChI is InChI=1S/C17H12F2N4S2/c18-15(19)17-23-22-16(25-17)14-12-8-11(6-7-13(12)20-21-14)24-9-10-4-2-1-3-5-10/h1-8,15H,9H2,(H,20,21). The first-order valence-electron chi connectivity index (χ1n) is 7.47. The lowest BCUT2D eigenvalue weighted by atomic mass is 10.2. The molecule has 2 aromatic carbocycles. The van der Waals surface area contributed by atoms with Gasteiger partial charge in [-0.25, -0.2) is 8.78 Å². The number of nitrogens with one attached hydrogen (secondary N) is 1. The van der Waals surface area contributed by atoms with Crippen molar-refractivity contribution in [3.8, 4) is 10.7 Å². The second-order valence-electron chi connectivity index (χ2n) is 5.30. The van der Waals surface area contributed by atoms with Crippen LogP contribution in [0.5, 0.6) is 0 Å². The summed E-state index contributed by atoms with van der Waals surface area (Å²) in [6, 6.07) is 16.2. The number of hydrogen-bond donors (Lipinski definition) is 1. The van der Waals surface area contributed by atoms with Crippen LogP contribution in [0.2, 0.25) is 0 Å². The highest BCUT2D eigenvalue weighted by molar-refractivity contribution is 7.98. The lowest BCUT2D eigenvalue weighted by Gasteiger charge is -2.02. The SMILES string of the molecule is FC(F)c1nnc(-c2n[nH]c3ccc(SCc4ccccc4)cc23)s1. The fourth-order valence-corrected chi connectivity index (χ4v) is 4.00. The quantitative estimate of drug-likeness (QED) is 0.481. The van der Waals surface area contributed by atoms with Gasteiger partial charge < -0.3 is 0 Å². The van der Waals surface area contributed by atoms with E-state index in [-0.39, 0.29) is 5.01 Å². The second kappa shape index (κ2) is 6.89. The Morgan fingerprint density at radius 1 is 1.08 bits per heavy atom. The van der Waals surface area contributed by atoms with E-state index in [2.05, 4.69) is 32.5 Å². The molecular formula is C17H12F2N4S2. The van der Waals surface area contributed by atoms with Crippen LogP contribution in [0.1, 0.15) is 17.0 Å². The van der Waals surface area contributed by atoms with E-state index in [4.69, 9.17) is 0 Å². The third kappa shape index (κ3) is 3.40. The molecule has 0 fully saturated rings. The molecule has 0 bridgehead atoms. The van der Waals surface area contributed by atoms with Gasteiger partial charge >= 0.3 is 0 Å². The van der Waals surface area contributed by atoms with Crippen molar-refractivity contribution in [2.75, 3.05) is 0 Å². The largest absolute Gasteiger partial charge is 0.291 e. The van der Waals surface area contributed by atoms with E-state index in [1.807, 2.05) is 36.4 Å². The lowest BCUT2D eigenvalue weighted by molar-refractivity contribution is 0.150. The number of halogens is 2. The van der Waals surface area contributed by atoms with E-state index in [9.17, 15) is 8.78 Å². The van der Waals surface area contributed by atoms with Gasteiger partial charge in [-0.2, -0.15) is 5.10 Å². The van der Waals surface area contributed by atoms with Gasteiger partial charge in [-0.05, 0) is 23.8 Å². The minimum atomic E-state index is -2.62. The molecule has 2 heterocycles. The van der Waals surface area contributed by atoms with E-state index >= 15 is 0 Å². The normalized spacial score (nSPS) is 11.5. The van der Waals surface area contributed by atoms with Crippen molar-refractivity contribution in [1.82, 2.24) is 20.4 Å². The van der Waals surface area contributed by atoms with Gasteiger partial charge in [0.15, 0.2) is 10.0 Å². The van der Waals surface area contributed by atoms with Gasteiger partial charge in [0.25, 0.3) is 6.43 Å². The van der Waals surface area contributed by atoms with Crippen molar-refractivity contribution in [1.29, 1.82) is 0 Å². The Kier molecular flexibility index (Phi) is 4.46. The van der Waals surface area contributed by atoms with Crippen molar-refractivity contribution in [2.45, 2.75) is 17.1 Å². The van der Waals surface area contributed by atoms with Crippen LogP contribution in [0, 0.1) is 0 Å². The summed E-state index contributed by atoms with van der Waals surface area (Å²) in [5.74, 6) is 0.855. The molecule has 1 N–H and O–H groups in total. The van der Waals surface area contributed by atoms with Crippen molar-refractivity contribution in [3.63, 3.8) is 0 Å². The smallest absolute Gasteiger partial charge is 0.277 e. The molecule has 0 aliphatic rings. The monoisotopic (exact) mass is 374 g/mol. The number of benzene rings is 2. The number of thioether (sulfide) groups is 1. The Morgan fingerprint density at radius 2 is 1.92 bits per heavy atom. The van der Waals surface area contributed by atoms with Crippen LogP contribution >= 0.6 is 23.1 Å². The van der Waals surface area contributed by atoms with Crippen molar-refractivity contribution < 1.29 is 8.78 Å². The maximum absolute atomic E-state index is 12.7. The molecule has 0 saturated heterocycles. The number of nitrogens with zero attached hydrogens (tertiary/aromatic N) is 3. The second-order valence-corrected chi connectivity index (χ2v) is 7.36. The van der Waals surface area contributed by atoms with Crippen LogP contribution in [0.4, 0.5) is 8.78 Å². The van der Waals surface area contributed by atoms with Gasteiger partial charge in [0.1, 0.15) is 5.69 Å². The van der Waals surface area contributed by atoms with E-state index in [1.165, 1.54) is 5.56 Å². The van der Waals surface area contributed by atoms with Gasteiger partial charge in [0.05, 0.1) is 5.52 Å². The Hall–Kier alpha value is -2.32. The molecule has 0 aliphatic carbocycles. The maximum Gasteiger partial charge on any atom is 0.291 e.